The van der Waals surface area contributed by atoms with Crippen molar-refractivity contribution in [2.75, 3.05) is 6.54 Å². The minimum atomic E-state index is -0.913. The van der Waals surface area contributed by atoms with Crippen LogP contribution in [0, 0.1) is 5.92 Å². The van der Waals surface area contributed by atoms with Gasteiger partial charge in [-0.2, -0.15) is 0 Å². The maximum Gasteiger partial charge on any atom is 0.303 e. The summed E-state index contributed by atoms with van der Waals surface area (Å²) in [5.41, 5.74) is -0.439. The van der Waals surface area contributed by atoms with Crippen LogP contribution in [0.3, 0.4) is 0 Å². The molecular formula is C11H14N2O4. The SMILES string of the molecule is CC(CNC(=O)c1ccc[nH]c1=O)CC(=O)O. The Bertz CT molecular complexity index is 467. The van der Waals surface area contributed by atoms with Gasteiger partial charge in [-0.1, -0.05) is 6.92 Å². The fourth-order valence-corrected chi connectivity index (χ4v) is 1.33. The summed E-state index contributed by atoms with van der Waals surface area (Å²) in [7, 11) is 0. The van der Waals surface area contributed by atoms with E-state index in [4.69, 9.17) is 5.11 Å². The second kappa shape index (κ2) is 5.83. The molecule has 0 aliphatic heterocycles. The molecular weight excluding hydrogens is 224 g/mol. The molecule has 1 aromatic heterocycles. The molecule has 0 aromatic carbocycles. The van der Waals surface area contributed by atoms with Crippen LogP contribution in [0.25, 0.3) is 0 Å². The van der Waals surface area contributed by atoms with Gasteiger partial charge in [0.05, 0.1) is 0 Å². The second-order valence-corrected chi connectivity index (χ2v) is 3.83. The molecule has 3 N–H and O–H groups in total. The zero-order valence-corrected chi connectivity index (χ0v) is 9.40. The number of aliphatic carboxylic acids is 1. The van der Waals surface area contributed by atoms with Crippen LogP contribution in [0.2, 0.25) is 0 Å². The second-order valence-electron chi connectivity index (χ2n) is 3.83. The van der Waals surface area contributed by atoms with Crippen LogP contribution in [0.5, 0.6) is 0 Å². The predicted molar refractivity (Wildman–Crippen MR) is 60.8 cm³/mol. The third kappa shape index (κ3) is 4.10. The van der Waals surface area contributed by atoms with Gasteiger partial charge in [0.25, 0.3) is 11.5 Å². The molecule has 1 aromatic rings. The highest BCUT2D eigenvalue weighted by Gasteiger charge is 2.12. The molecule has 1 rings (SSSR count). The summed E-state index contributed by atoms with van der Waals surface area (Å²) < 4.78 is 0. The number of carbonyl (C=O) groups excluding carboxylic acids is 1. The van der Waals surface area contributed by atoms with E-state index in [0.29, 0.717) is 0 Å². The molecule has 1 atom stereocenters. The zero-order chi connectivity index (χ0) is 12.8. The van der Waals surface area contributed by atoms with E-state index in [1.165, 1.54) is 12.3 Å². The molecule has 0 saturated heterocycles. The number of pyridine rings is 1. The Morgan fingerprint density at radius 3 is 2.82 bits per heavy atom. The van der Waals surface area contributed by atoms with Gasteiger partial charge in [-0.15, -0.1) is 0 Å². The lowest BCUT2D eigenvalue weighted by atomic mass is 10.1. The summed E-state index contributed by atoms with van der Waals surface area (Å²) >= 11 is 0. The lowest BCUT2D eigenvalue weighted by Gasteiger charge is -2.09. The molecule has 0 aliphatic carbocycles. The molecule has 6 nitrogen and oxygen atoms in total. The van der Waals surface area contributed by atoms with Crippen LogP contribution in [-0.2, 0) is 4.79 Å². The number of nitrogens with one attached hydrogen (secondary N) is 2. The van der Waals surface area contributed by atoms with Crippen LogP contribution in [0.4, 0.5) is 0 Å². The maximum absolute atomic E-state index is 11.6. The van der Waals surface area contributed by atoms with Crippen LogP contribution in [0.1, 0.15) is 23.7 Å². The average molecular weight is 238 g/mol. The molecule has 0 bridgehead atoms. The highest BCUT2D eigenvalue weighted by molar-refractivity contribution is 5.93. The molecule has 0 saturated carbocycles. The van der Waals surface area contributed by atoms with Gasteiger partial charge in [-0.3, -0.25) is 14.4 Å². The fourth-order valence-electron chi connectivity index (χ4n) is 1.33. The molecule has 0 spiro atoms. The number of aromatic amines is 1. The largest absolute Gasteiger partial charge is 0.481 e. The Labute approximate surface area is 97.7 Å². The minimum absolute atomic E-state index is 0.0224. The molecule has 6 heteroatoms. The monoisotopic (exact) mass is 238 g/mol. The first kappa shape index (κ1) is 13.0. The average Bonchev–Trinajstić information content (AvgIpc) is 2.25. The Morgan fingerprint density at radius 1 is 1.53 bits per heavy atom. The molecule has 92 valence electrons. The number of H-pyrrole nitrogens is 1. The van der Waals surface area contributed by atoms with Crippen molar-refractivity contribution in [3.05, 3.63) is 34.2 Å². The topological polar surface area (TPSA) is 99.3 Å². The van der Waals surface area contributed by atoms with Crippen molar-refractivity contribution < 1.29 is 14.7 Å². The van der Waals surface area contributed by atoms with Crippen LogP contribution < -0.4 is 10.9 Å². The summed E-state index contributed by atoms with van der Waals surface area (Å²) in [5, 5.41) is 11.1. The van der Waals surface area contributed by atoms with Crippen LogP contribution >= 0.6 is 0 Å². The normalized spacial score (nSPS) is 11.8. The number of hydrogen-bond donors (Lipinski definition) is 3. The smallest absolute Gasteiger partial charge is 0.303 e. The standard InChI is InChI=1S/C11H14N2O4/c1-7(5-9(14)15)6-13-11(17)8-3-2-4-12-10(8)16/h2-4,7H,5-6H2,1H3,(H,12,16)(H,13,17)(H,14,15). The maximum atomic E-state index is 11.6. The lowest BCUT2D eigenvalue weighted by Crippen LogP contribution is -2.32. The van der Waals surface area contributed by atoms with Crippen molar-refractivity contribution in [3.8, 4) is 0 Å². The molecule has 1 amide bonds. The molecule has 17 heavy (non-hydrogen) atoms. The first-order chi connectivity index (χ1) is 8.00. The van der Waals surface area contributed by atoms with E-state index in [1.54, 1.807) is 13.0 Å². The molecule has 1 unspecified atom stereocenters. The Kier molecular flexibility index (Phi) is 4.45. The van der Waals surface area contributed by atoms with Crippen LogP contribution in [-0.4, -0.2) is 28.5 Å². The van der Waals surface area contributed by atoms with Gasteiger partial charge in [0.1, 0.15) is 5.56 Å². The number of hydrogen-bond acceptors (Lipinski definition) is 3. The lowest BCUT2D eigenvalue weighted by molar-refractivity contribution is -0.137. The van der Waals surface area contributed by atoms with Gasteiger partial charge in [-0.05, 0) is 18.1 Å². The Morgan fingerprint density at radius 2 is 2.24 bits per heavy atom. The van der Waals surface area contributed by atoms with Crippen molar-refractivity contribution in [1.29, 1.82) is 0 Å². The summed E-state index contributed by atoms with van der Waals surface area (Å²) in [6.45, 7) is 1.93. The number of amides is 1. The van der Waals surface area contributed by atoms with Gasteiger partial charge >= 0.3 is 5.97 Å². The quantitative estimate of drug-likeness (QED) is 0.683. The summed E-state index contributed by atoms with van der Waals surface area (Å²) in [6.07, 6.45) is 1.41. The Balaban J connectivity index is 2.54. The first-order valence-corrected chi connectivity index (χ1v) is 5.18. The van der Waals surface area contributed by atoms with Crippen molar-refractivity contribution in [2.45, 2.75) is 13.3 Å². The zero-order valence-electron chi connectivity index (χ0n) is 9.40. The van der Waals surface area contributed by atoms with Crippen molar-refractivity contribution in [3.63, 3.8) is 0 Å². The van der Waals surface area contributed by atoms with Gasteiger partial charge < -0.3 is 15.4 Å². The first-order valence-electron chi connectivity index (χ1n) is 5.18. The van der Waals surface area contributed by atoms with E-state index in [-0.39, 0.29) is 24.4 Å². The van der Waals surface area contributed by atoms with E-state index in [1.807, 2.05) is 0 Å². The Hall–Kier alpha value is -2.11. The number of carboxylic acid groups (broad SMARTS) is 1. The van der Waals surface area contributed by atoms with Crippen molar-refractivity contribution >= 4 is 11.9 Å². The van der Waals surface area contributed by atoms with Gasteiger partial charge in [0.15, 0.2) is 0 Å². The molecule has 0 fully saturated rings. The summed E-state index contributed by atoms with van der Waals surface area (Å²) in [6, 6.07) is 2.97. The van der Waals surface area contributed by atoms with Gasteiger partial charge in [0, 0.05) is 19.2 Å². The van der Waals surface area contributed by atoms with Gasteiger partial charge in [-0.25, -0.2) is 0 Å². The third-order valence-electron chi connectivity index (χ3n) is 2.20. The number of carboxylic acids is 1. The van der Waals surface area contributed by atoms with Crippen LogP contribution in [0.15, 0.2) is 23.1 Å². The molecule has 0 aliphatic rings. The molecule has 0 radical (unpaired) electrons. The highest BCUT2D eigenvalue weighted by Crippen LogP contribution is 2.00. The highest BCUT2D eigenvalue weighted by atomic mass is 16.4. The van der Waals surface area contributed by atoms with E-state index < -0.39 is 17.4 Å². The van der Waals surface area contributed by atoms with Crippen molar-refractivity contribution in [2.24, 2.45) is 5.92 Å². The fraction of sp³-hybridized carbons (Fsp3) is 0.364. The number of carbonyl (C=O) groups is 2. The summed E-state index contributed by atoms with van der Waals surface area (Å²) in [4.78, 5) is 35.7. The van der Waals surface area contributed by atoms with E-state index in [9.17, 15) is 14.4 Å². The summed E-state index contributed by atoms with van der Waals surface area (Å²) in [5.74, 6) is -1.59. The number of aromatic nitrogens is 1. The van der Waals surface area contributed by atoms with E-state index >= 15 is 0 Å². The minimum Gasteiger partial charge on any atom is -0.481 e. The predicted octanol–water partition coefficient (Wildman–Crippen LogP) is 0.215. The van der Waals surface area contributed by atoms with E-state index in [0.717, 1.165) is 0 Å². The van der Waals surface area contributed by atoms with E-state index in [2.05, 4.69) is 10.3 Å². The van der Waals surface area contributed by atoms with Gasteiger partial charge in [0.2, 0.25) is 0 Å². The third-order valence-corrected chi connectivity index (χ3v) is 2.20. The number of rotatable bonds is 5. The molecule has 1 heterocycles. The van der Waals surface area contributed by atoms with Crippen molar-refractivity contribution in [1.82, 2.24) is 10.3 Å².